The highest BCUT2D eigenvalue weighted by Gasteiger charge is 2.13. The van der Waals surface area contributed by atoms with Crippen LogP contribution in [0.4, 0.5) is 5.69 Å². The number of pyridine rings is 1. The van der Waals surface area contributed by atoms with Gasteiger partial charge in [0.25, 0.3) is 5.91 Å². The van der Waals surface area contributed by atoms with Crippen molar-refractivity contribution in [1.82, 2.24) is 4.98 Å². The number of amides is 1. The molecule has 0 saturated heterocycles. The molecule has 0 fully saturated rings. The van der Waals surface area contributed by atoms with Crippen molar-refractivity contribution in [3.05, 3.63) is 76.1 Å². The van der Waals surface area contributed by atoms with E-state index >= 15 is 0 Å². The topological polar surface area (TPSA) is 62.0 Å². The van der Waals surface area contributed by atoms with Crippen molar-refractivity contribution in [2.45, 2.75) is 6.92 Å². The number of H-pyrrole nitrogens is 1. The molecule has 3 rings (SSSR count). The lowest BCUT2D eigenvalue weighted by atomic mass is 10.1. The molecule has 0 aliphatic carbocycles. The molecule has 4 nitrogen and oxygen atoms in total. The van der Waals surface area contributed by atoms with E-state index in [0.29, 0.717) is 11.1 Å². The molecule has 1 heterocycles. The van der Waals surface area contributed by atoms with Gasteiger partial charge >= 0.3 is 0 Å². The van der Waals surface area contributed by atoms with Crippen LogP contribution >= 0.6 is 0 Å². The van der Waals surface area contributed by atoms with Gasteiger partial charge in [-0.05, 0) is 30.7 Å². The standard InChI is InChI=1S/C17H14N2O2/c1-11-6-2-4-8-14(11)19-17(21)13-10-18-15-9-5-3-7-12(15)16(13)20/h2-10H,1H3,(H,18,20)(H,19,21). The zero-order valence-electron chi connectivity index (χ0n) is 11.5. The van der Waals surface area contributed by atoms with Gasteiger partial charge in [-0.15, -0.1) is 0 Å². The summed E-state index contributed by atoms with van der Waals surface area (Å²) in [6, 6.07) is 14.6. The van der Waals surface area contributed by atoms with E-state index in [1.165, 1.54) is 6.20 Å². The summed E-state index contributed by atoms with van der Waals surface area (Å²) >= 11 is 0. The number of benzene rings is 2. The Hall–Kier alpha value is -2.88. The van der Waals surface area contributed by atoms with Crippen molar-refractivity contribution < 1.29 is 4.79 Å². The van der Waals surface area contributed by atoms with Crippen LogP contribution in [0.3, 0.4) is 0 Å². The van der Waals surface area contributed by atoms with Crippen molar-refractivity contribution in [3.8, 4) is 0 Å². The lowest BCUT2D eigenvalue weighted by molar-refractivity contribution is 0.102. The summed E-state index contributed by atoms with van der Waals surface area (Å²) in [7, 11) is 0. The Morgan fingerprint density at radius 3 is 2.57 bits per heavy atom. The lowest BCUT2D eigenvalue weighted by Crippen LogP contribution is -2.22. The number of nitrogens with one attached hydrogen (secondary N) is 2. The van der Waals surface area contributed by atoms with Crippen molar-refractivity contribution in [3.63, 3.8) is 0 Å². The minimum Gasteiger partial charge on any atom is -0.360 e. The first-order chi connectivity index (χ1) is 10.2. The predicted molar refractivity (Wildman–Crippen MR) is 83.7 cm³/mol. The molecule has 0 bridgehead atoms. The number of aryl methyl sites for hydroxylation is 1. The van der Waals surface area contributed by atoms with Gasteiger partial charge in [0.2, 0.25) is 5.43 Å². The van der Waals surface area contributed by atoms with Crippen molar-refractivity contribution in [1.29, 1.82) is 0 Å². The largest absolute Gasteiger partial charge is 0.360 e. The number of fused-ring (bicyclic) bond motifs is 1. The molecule has 3 aromatic rings. The molecule has 104 valence electrons. The number of carbonyl (C=O) groups excluding carboxylic acids is 1. The molecule has 1 amide bonds. The average molecular weight is 278 g/mol. The summed E-state index contributed by atoms with van der Waals surface area (Å²) in [5.41, 5.74) is 2.21. The molecule has 2 N–H and O–H groups in total. The monoisotopic (exact) mass is 278 g/mol. The lowest BCUT2D eigenvalue weighted by Gasteiger charge is -2.08. The molecule has 0 unspecified atom stereocenters. The second-order valence-corrected chi connectivity index (χ2v) is 4.85. The van der Waals surface area contributed by atoms with Gasteiger partial charge in [0.15, 0.2) is 0 Å². The Morgan fingerprint density at radius 2 is 1.76 bits per heavy atom. The molecule has 1 aromatic heterocycles. The van der Waals surface area contributed by atoms with E-state index in [1.54, 1.807) is 18.2 Å². The summed E-state index contributed by atoms with van der Waals surface area (Å²) in [5.74, 6) is -0.406. The normalized spacial score (nSPS) is 10.5. The smallest absolute Gasteiger partial charge is 0.261 e. The summed E-state index contributed by atoms with van der Waals surface area (Å²) in [6.45, 7) is 1.90. The molecule has 0 aliphatic rings. The van der Waals surface area contributed by atoms with Crippen molar-refractivity contribution in [2.75, 3.05) is 5.32 Å². The van der Waals surface area contributed by atoms with Crippen LogP contribution in [0.15, 0.2) is 59.5 Å². The second-order valence-electron chi connectivity index (χ2n) is 4.85. The van der Waals surface area contributed by atoms with E-state index in [-0.39, 0.29) is 11.0 Å². The quantitative estimate of drug-likeness (QED) is 0.756. The van der Waals surface area contributed by atoms with Gasteiger partial charge < -0.3 is 10.3 Å². The molecule has 0 saturated carbocycles. The summed E-state index contributed by atoms with van der Waals surface area (Å²) in [4.78, 5) is 27.6. The maximum atomic E-state index is 12.4. The highest BCUT2D eigenvalue weighted by Crippen LogP contribution is 2.14. The Kier molecular flexibility index (Phi) is 3.28. The van der Waals surface area contributed by atoms with Gasteiger partial charge in [-0.25, -0.2) is 0 Å². The summed E-state index contributed by atoms with van der Waals surface area (Å²) < 4.78 is 0. The minimum atomic E-state index is -0.406. The SMILES string of the molecule is Cc1ccccc1NC(=O)c1c[nH]c2ccccc2c1=O. The van der Waals surface area contributed by atoms with Gasteiger partial charge in [-0.2, -0.15) is 0 Å². The molecular formula is C17H14N2O2. The Balaban J connectivity index is 2.01. The van der Waals surface area contributed by atoms with E-state index in [4.69, 9.17) is 0 Å². The van der Waals surface area contributed by atoms with Crippen LogP contribution in [0.1, 0.15) is 15.9 Å². The van der Waals surface area contributed by atoms with Gasteiger partial charge in [-0.3, -0.25) is 9.59 Å². The van der Waals surface area contributed by atoms with Crippen LogP contribution in [0.25, 0.3) is 10.9 Å². The average Bonchev–Trinajstić information content (AvgIpc) is 2.50. The van der Waals surface area contributed by atoms with Gasteiger partial charge in [-0.1, -0.05) is 30.3 Å². The second kappa shape index (κ2) is 5.25. The number of aromatic nitrogens is 1. The number of para-hydroxylation sites is 2. The van der Waals surface area contributed by atoms with Crippen LogP contribution in [0.2, 0.25) is 0 Å². The summed E-state index contributed by atoms with van der Waals surface area (Å²) in [6.07, 6.45) is 1.46. The Labute approximate surface area is 121 Å². The highest BCUT2D eigenvalue weighted by molar-refractivity contribution is 6.05. The van der Waals surface area contributed by atoms with E-state index in [1.807, 2.05) is 37.3 Å². The van der Waals surface area contributed by atoms with Gasteiger partial charge in [0.1, 0.15) is 5.56 Å². The molecule has 0 atom stereocenters. The fourth-order valence-electron chi connectivity index (χ4n) is 2.24. The first-order valence-electron chi connectivity index (χ1n) is 6.64. The van der Waals surface area contributed by atoms with Gasteiger partial charge in [0.05, 0.1) is 0 Å². The van der Waals surface area contributed by atoms with Gasteiger partial charge in [0, 0.05) is 22.8 Å². The third-order valence-electron chi connectivity index (χ3n) is 3.43. The fraction of sp³-hybridized carbons (Fsp3) is 0.0588. The first kappa shape index (κ1) is 13.1. The first-order valence-corrected chi connectivity index (χ1v) is 6.64. The van der Waals surface area contributed by atoms with E-state index in [0.717, 1.165) is 11.1 Å². The number of anilines is 1. The van der Waals surface area contributed by atoms with Crippen LogP contribution in [-0.2, 0) is 0 Å². The summed E-state index contributed by atoms with van der Waals surface area (Å²) in [5, 5.41) is 3.28. The number of carbonyl (C=O) groups is 1. The molecular weight excluding hydrogens is 264 g/mol. The molecule has 4 heteroatoms. The number of hydrogen-bond donors (Lipinski definition) is 2. The minimum absolute atomic E-state index is 0.108. The number of aromatic amines is 1. The maximum Gasteiger partial charge on any atom is 0.261 e. The number of hydrogen-bond acceptors (Lipinski definition) is 2. The van der Waals surface area contributed by atoms with Crippen molar-refractivity contribution >= 4 is 22.5 Å². The zero-order valence-corrected chi connectivity index (χ0v) is 11.5. The Morgan fingerprint density at radius 1 is 1.05 bits per heavy atom. The van der Waals surface area contributed by atoms with E-state index in [2.05, 4.69) is 10.3 Å². The maximum absolute atomic E-state index is 12.4. The zero-order chi connectivity index (χ0) is 14.8. The molecule has 2 aromatic carbocycles. The van der Waals surface area contributed by atoms with Crippen LogP contribution < -0.4 is 10.7 Å². The predicted octanol–water partition coefficient (Wildman–Crippen LogP) is 3.09. The third kappa shape index (κ3) is 2.43. The van der Waals surface area contributed by atoms with Crippen LogP contribution in [0.5, 0.6) is 0 Å². The Bertz CT molecular complexity index is 881. The number of rotatable bonds is 2. The fourth-order valence-corrected chi connectivity index (χ4v) is 2.24. The molecule has 0 aliphatic heterocycles. The highest BCUT2D eigenvalue weighted by atomic mass is 16.2. The van der Waals surface area contributed by atoms with E-state index in [9.17, 15) is 9.59 Å². The van der Waals surface area contributed by atoms with Crippen LogP contribution in [-0.4, -0.2) is 10.9 Å². The van der Waals surface area contributed by atoms with Crippen LogP contribution in [0, 0.1) is 6.92 Å². The molecule has 0 radical (unpaired) electrons. The molecule has 0 spiro atoms. The third-order valence-corrected chi connectivity index (χ3v) is 3.43. The van der Waals surface area contributed by atoms with E-state index < -0.39 is 5.91 Å². The van der Waals surface area contributed by atoms with Crippen molar-refractivity contribution in [2.24, 2.45) is 0 Å². The molecule has 21 heavy (non-hydrogen) atoms.